The molecule has 0 radical (unpaired) electrons. The van der Waals surface area contributed by atoms with Crippen LogP contribution in [0.15, 0.2) is 54.9 Å². The molecule has 0 aliphatic carbocycles. The van der Waals surface area contributed by atoms with Crippen LogP contribution in [0, 0.1) is 0 Å². The van der Waals surface area contributed by atoms with E-state index in [1.54, 1.807) is 16.9 Å². The summed E-state index contributed by atoms with van der Waals surface area (Å²) in [4.78, 5) is 24.2. The Bertz CT molecular complexity index is 1050. The molecule has 3 aromatic rings. The molecule has 0 spiro atoms. The maximum atomic E-state index is 12.8. The highest BCUT2D eigenvalue weighted by atomic mass is 35.5. The molecule has 0 saturated carbocycles. The SMILES string of the molecule is CC(NC(=O)c1cc2c(cc1Cl)NC(=O)CO2)c1cccc(-n2cccn2)c1. The molecule has 1 aliphatic rings. The van der Waals surface area contributed by atoms with E-state index in [9.17, 15) is 9.59 Å². The lowest BCUT2D eigenvalue weighted by Gasteiger charge is -2.20. The second-order valence-electron chi connectivity index (χ2n) is 6.41. The normalized spacial score (nSPS) is 13.9. The number of ether oxygens (including phenoxy) is 1. The van der Waals surface area contributed by atoms with Crippen molar-refractivity contribution in [3.63, 3.8) is 0 Å². The van der Waals surface area contributed by atoms with E-state index in [-0.39, 0.29) is 35.0 Å². The molecule has 4 rings (SSSR count). The van der Waals surface area contributed by atoms with E-state index in [1.165, 1.54) is 6.07 Å². The zero-order valence-electron chi connectivity index (χ0n) is 15.0. The van der Waals surface area contributed by atoms with Gasteiger partial charge in [-0.1, -0.05) is 23.7 Å². The molecule has 28 heavy (non-hydrogen) atoms. The summed E-state index contributed by atoms with van der Waals surface area (Å²) in [5.74, 6) is -0.167. The Kier molecular flexibility index (Phi) is 4.75. The first-order chi connectivity index (χ1) is 13.5. The maximum Gasteiger partial charge on any atom is 0.262 e. The van der Waals surface area contributed by atoms with Gasteiger partial charge in [0.15, 0.2) is 6.61 Å². The van der Waals surface area contributed by atoms with Gasteiger partial charge < -0.3 is 15.4 Å². The van der Waals surface area contributed by atoms with E-state index in [0.717, 1.165) is 11.3 Å². The Balaban J connectivity index is 1.54. The van der Waals surface area contributed by atoms with Crippen LogP contribution in [0.2, 0.25) is 5.02 Å². The van der Waals surface area contributed by atoms with Crippen LogP contribution in [-0.4, -0.2) is 28.2 Å². The van der Waals surface area contributed by atoms with Crippen LogP contribution in [-0.2, 0) is 4.79 Å². The van der Waals surface area contributed by atoms with Gasteiger partial charge in [0.05, 0.1) is 28.0 Å². The summed E-state index contributed by atoms with van der Waals surface area (Å²) in [6.45, 7) is 1.80. The molecule has 0 fully saturated rings. The van der Waals surface area contributed by atoms with Gasteiger partial charge in [-0.15, -0.1) is 0 Å². The molecule has 1 aromatic heterocycles. The summed E-state index contributed by atoms with van der Waals surface area (Å²) >= 11 is 6.25. The lowest BCUT2D eigenvalue weighted by molar-refractivity contribution is -0.118. The second kappa shape index (κ2) is 7.36. The third-order valence-corrected chi connectivity index (χ3v) is 4.75. The first-order valence-electron chi connectivity index (χ1n) is 8.68. The first kappa shape index (κ1) is 18.1. The van der Waals surface area contributed by atoms with Crippen molar-refractivity contribution < 1.29 is 14.3 Å². The largest absolute Gasteiger partial charge is 0.482 e. The number of carbonyl (C=O) groups is 2. The number of fused-ring (bicyclic) bond motifs is 1. The Hall–Kier alpha value is -3.32. The predicted octanol–water partition coefficient (Wildman–Crippen LogP) is 3.35. The second-order valence-corrected chi connectivity index (χ2v) is 6.81. The van der Waals surface area contributed by atoms with Crippen molar-refractivity contribution in [3.8, 4) is 11.4 Å². The summed E-state index contributed by atoms with van der Waals surface area (Å²) in [6, 6.07) is 12.4. The van der Waals surface area contributed by atoms with Crippen molar-refractivity contribution in [1.82, 2.24) is 15.1 Å². The van der Waals surface area contributed by atoms with Crippen molar-refractivity contribution in [2.45, 2.75) is 13.0 Å². The van der Waals surface area contributed by atoms with Crippen molar-refractivity contribution >= 4 is 29.1 Å². The van der Waals surface area contributed by atoms with Gasteiger partial charge in [0, 0.05) is 12.4 Å². The molecule has 7 nitrogen and oxygen atoms in total. The van der Waals surface area contributed by atoms with E-state index < -0.39 is 0 Å². The number of aromatic nitrogens is 2. The number of benzene rings is 2. The summed E-state index contributed by atoms with van der Waals surface area (Å²) in [5.41, 5.74) is 2.57. The summed E-state index contributed by atoms with van der Waals surface area (Å²) < 4.78 is 7.12. The number of hydrogen-bond donors (Lipinski definition) is 2. The number of anilines is 1. The monoisotopic (exact) mass is 396 g/mol. The molecule has 2 amide bonds. The summed E-state index contributed by atoms with van der Waals surface area (Å²) in [6.07, 6.45) is 3.56. The van der Waals surface area contributed by atoms with Crippen molar-refractivity contribution in [2.24, 2.45) is 0 Å². The highest BCUT2D eigenvalue weighted by Crippen LogP contribution is 2.33. The standard InChI is InChI=1S/C20H17ClN4O3/c1-12(13-4-2-5-14(8-13)25-7-3-6-22-25)23-20(27)15-9-18-17(10-16(15)21)24-19(26)11-28-18/h2-10,12H,11H2,1H3,(H,23,27)(H,24,26). The molecule has 8 heteroatoms. The fraction of sp³-hybridized carbons (Fsp3) is 0.150. The van der Waals surface area contributed by atoms with E-state index >= 15 is 0 Å². The van der Waals surface area contributed by atoms with Crippen LogP contribution < -0.4 is 15.4 Å². The van der Waals surface area contributed by atoms with Crippen LogP contribution in [0.3, 0.4) is 0 Å². The molecule has 2 aromatic carbocycles. The van der Waals surface area contributed by atoms with Crippen LogP contribution >= 0.6 is 11.6 Å². The Morgan fingerprint density at radius 1 is 1.32 bits per heavy atom. The van der Waals surface area contributed by atoms with Crippen LogP contribution in [0.1, 0.15) is 28.9 Å². The quantitative estimate of drug-likeness (QED) is 0.708. The fourth-order valence-electron chi connectivity index (χ4n) is 2.99. The smallest absolute Gasteiger partial charge is 0.262 e. The molecule has 2 heterocycles. The lowest BCUT2D eigenvalue weighted by atomic mass is 10.1. The van der Waals surface area contributed by atoms with Gasteiger partial charge in [0.25, 0.3) is 11.8 Å². The average molecular weight is 397 g/mol. The molecule has 142 valence electrons. The van der Waals surface area contributed by atoms with Gasteiger partial charge in [-0.3, -0.25) is 9.59 Å². The van der Waals surface area contributed by atoms with Crippen molar-refractivity contribution in [3.05, 3.63) is 71.0 Å². The highest BCUT2D eigenvalue weighted by Gasteiger charge is 2.22. The van der Waals surface area contributed by atoms with E-state index in [4.69, 9.17) is 16.3 Å². The van der Waals surface area contributed by atoms with E-state index in [0.29, 0.717) is 11.4 Å². The highest BCUT2D eigenvalue weighted by molar-refractivity contribution is 6.34. The van der Waals surface area contributed by atoms with Crippen molar-refractivity contribution in [2.75, 3.05) is 11.9 Å². The van der Waals surface area contributed by atoms with Crippen molar-refractivity contribution in [1.29, 1.82) is 0 Å². The average Bonchev–Trinajstić information content (AvgIpc) is 3.22. The minimum atomic E-state index is -0.328. The van der Waals surface area contributed by atoms with Crippen LogP contribution in [0.4, 0.5) is 5.69 Å². The Morgan fingerprint density at radius 3 is 2.96 bits per heavy atom. The number of amides is 2. The van der Waals surface area contributed by atoms with Gasteiger partial charge in [-0.25, -0.2) is 4.68 Å². The Labute approximate surface area is 166 Å². The third-order valence-electron chi connectivity index (χ3n) is 4.43. The van der Waals surface area contributed by atoms with Crippen LogP contribution in [0.5, 0.6) is 5.75 Å². The minimum absolute atomic E-state index is 0.0910. The summed E-state index contributed by atoms with van der Waals surface area (Å²) in [7, 11) is 0. The third kappa shape index (κ3) is 3.57. The molecular formula is C20H17ClN4O3. The number of nitrogens with one attached hydrogen (secondary N) is 2. The van der Waals surface area contributed by atoms with Gasteiger partial charge in [-0.2, -0.15) is 5.10 Å². The molecule has 0 bridgehead atoms. The van der Waals surface area contributed by atoms with E-state index in [1.807, 2.05) is 43.5 Å². The van der Waals surface area contributed by atoms with Gasteiger partial charge in [0.1, 0.15) is 5.75 Å². The van der Waals surface area contributed by atoms with Crippen LogP contribution in [0.25, 0.3) is 5.69 Å². The first-order valence-corrected chi connectivity index (χ1v) is 9.06. The lowest BCUT2D eigenvalue weighted by Crippen LogP contribution is -2.28. The predicted molar refractivity (Wildman–Crippen MR) is 105 cm³/mol. The molecule has 0 saturated heterocycles. The Morgan fingerprint density at radius 2 is 2.18 bits per heavy atom. The molecule has 2 N–H and O–H groups in total. The number of rotatable bonds is 4. The number of halogens is 1. The molecule has 1 unspecified atom stereocenters. The topological polar surface area (TPSA) is 85.3 Å². The fourth-order valence-corrected chi connectivity index (χ4v) is 3.24. The van der Waals surface area contributed by atoms with E-state index in [2.05, 4.69) is 15.7 Å². The number of hydrogen-bond acceptors (Lipinski definition) is 4. The number of nitrogens with zero attached hydrogens (tertiary/aromatic N) is 2. The molecular weight excluding hydrogens is 380 g/mol. The minimum Gasteiger partial charge on any atom is -0.482 e. The zero-order chi connectivity index (χ0) is 19.7. The molecule has 1 atom stereocenters. The van der Waals surface area contributed by atoms with Gasteiger partial charge in [0.2, 0.25) is 0 Å². The van der Waals surface area contributed by atoms with Gasteiger partial charge >= 0.3 is 0 Å². The molecule has 1 aliphatic heterocycles. The maximum absolute atomic E-state index is 12.8. The summed E-state index contributed by atoms with van der Waals surface area (Å²) in [5, 5.41) is 10.1. The van der Waals surface area contributed by atoms with Gasteiger partial charge in [-0.05, 0) is 42.8 Å². The zero-order valence-corrected chi connectivity index (χ0v) is 15.7. The number of carbonyl (C=O) groups excluding carboxylic acids is 2.